The van der Waals surface area contributed by atoms with Crippen molar-refractivity contribution >= 4 is 35.2 Å². The molecule has 0 radical (unpaired) electrons. The summed E-state index contributed by atoms with van der Waals surface area (Å²) in [7, 11) is 1.37. The fraction of sp³-hybridized carbons (Fsp3) is 0.200. The second-order valence-electron chi connectivity index (χ2n) is 6.03. The molecule has 2 aromatic rings. The maximum Gasteiger partial charge on any atom is 0.416 e. The van der Waals surface area contributed by atoms with E-state index in [2.05, 4.69) is 5.32 Å². The van der Waals surface area contributed by atoms with Crippen molar-refractivity contribution in [3.63, 3.8) is 0 Å². The Hall–Kier alpha value is -3.20. The van der Waals surface area contributed by atoms with E-state index in [1.807, 2.05) is 0 Å². The summed E-state index contributed by atoms with van der Waals surface area (Å²) in [5, 5.41) is 11.6. The fourth-order valence-corrected chi connectivity index (χ4v) is 2.43. The van der Waals surface area contributed by atoms with Crippen LogP contribution in [0.25, 0.3) is 6.08 Å². The number of alkyl halides is 3. The van der Waals surface area contributed by atoms with Gasteiger partial charge in [-0.25, -0.2) is 4.79 Å². The van der Waals surface area contributed by atoms with E-state index in [1.54, 1.807) is 0 Å². The highest BCUT2D eigenvalue weighted by Crippen LogP contribution is 2.34. The molecule has 10 heteroatoms. The van der Waals surface area contributed by atoms with Crippen LogP contribution in [0.1, 0.15) is 18.1 Å². The molecule has 6 nitrogen and oxygen atoms in total. The molecule has 0 saturated heterocycles. The van der Waals surface area contributed by atoms with Crippen LogP contribution in [0.2, 0.25) is 5.02 Å². The van der Waals surface area contributed by atoms with Crippen molar-refractivity contribution in [2.24, 2.45) is 0 Å². The summed E-state index contributed by atoms with van der Waals surface area (Å²) in [6, 6.07) is 6.85. The highest BCUT2D eigenvalue weighted by Gasteiger charge is 2.31. The van der Waals surface area contributed by atoms with E-state index in [1.165, 1.54) is 38.3 Å². The van der Waals surface area contributed by atoms with E-state index in [9.17, 15) is 27.9 Å². The molecular formula is C20H17ClF3NO5. The first-order valence-electron chi connectivity index (χ1n) is 8.44. The van der Waals surface area contributed by atoms with Gasteiger partial charge >= 0.3 is 12.1 Å². The highest BCUT2D eigenvalue weighted by atomic mass is 35.5. The molecule has 2 N–H and O–H groups in total. The lowest BCUT2D eigenvalue weighted by molar-refractivity contribution is -0.148. The van der Waals surface area contributed by atoms with Gasteiger partial charge < -0.3 is 19.9 Å². The van der Waals surface area contributed by atoms with Crippen molar-refractivity contribution in [3.8, 4) is 11.5 Å². The number of aromatic hydroxyl groups is 1. The van der Waals surface area contributed by atoms with E-state index in [0.717, 1.165) is 18.2 Å². The number of phenolic OH excluding ortho intramolecular Hbond substituents is 1. The molecule has 30 heavy (non-hydrogen) atoms. The minimum Gasteiger partial charge on any atom is -0.504 e. The smallest absolute Gasteiger partial charge is 0.416 e. The topological polar surface area (TPSA) is 84.9 Å². The minimum absolute atomic E-state index is 0.0734. The van der Waals surface area contributed by atoms with Gasteiger partial charge in [-0.05, 0) is 48.9 Å². The van der Waals surface area contributed by atoms with Crippen molar-refractivity contribution in [3.05, 3.63) is 58.6 Å². The van der Waals surface area contributed by atoms with Crippen LogP contribution in [-0.2, 0) is 20.5 Å². The summed E-state index contributed by atoms with van der Waals surface area (Å²) in [5.74, 6) is -1.59. The first-order valence-corrected chi connectivity index (χ1v) is 8.82. The number of carbonyl (C=O) groups is 2. The van der Waals surface area contributed by atoms with Crippen molar-refractivity contribution in [1.29, 1.82) is 0 Å². The molecule has 0 aliphatic heterocycles. The molecule has 0 aliphatic carbocycles. The molecule has 160 valence electrons. The largest absolute Gasteiger partial charge is 0.504 e. The van der Waals surface area contributed by atoms with Crippen molar-refractivity contribution < 1.29 is 37.3 Å². The van der Waals surface area contributed by atoms with Gasteiger partial charge in [0.1, 0.15) is 0 Å². The van der Waals surface area contributed by atoms with Crippen LogP contribution in [-0.4, -0.2) is 30.2 Å². The number of phenols is 1. The number of rotatable bonds is 6. The third-order valence-electron chi connectivity index (χ3n) is 3.83. The normalized spacial score (nSPS) is 12.5. The maximum absolute atomic E-state index is 12.8. The Bertz CT molecular complexity index is 975. The van der Waals surface area contributed by atoms with Crippen LogP contribution in [0, 0.1) is 0 Å². The lowest BCUT2D eigenvalue weighted by Crippen LogP contribution is -2.29. The number of amides is 1. The molecule has 2 rings (SSSR count). The molecule has 1 atom stereocenters. The third-order valence-corrected chi connectivity index (χ3v) is 4.16. The number of benzene rings is 2. The molecule has 0 heterocycles. The molecule has 1 amide bonds. The van der Waals surface area contributed by atoms with Gasteiger partial charge in [0.05, 0.1) is 23.4 Å². The summed E-state index contributed by atoms with van der Waals surface area (Å²) < 4.78 is 48.3. The lowest BCUT2D eigenvalue weighted by atomic mass is 10.2. The number of carbonyl (C=O) groups excluding carboxylic acids is 2. The maximum atomic E-state index is 12.8. The van der Waals surface area contributed by atoms with Crippen LogP contribution >= 0.6 is 11.6 Å². The summed E-state index contributed by atoms with van der Waals surface area (Å²) >= 11 is 5.83. The molecule has 0 aromatic heterocycles. The number of methoxy groups -OCH3 is 1. The Balaban J connectivity index is 2.01. The number of hydrogen-bond acceptors (Lipinski definition) is 5. The molecule has 0 aliphatic rings. The number of nitrogens with one attached hydrogen (secondary N) is 1. The average Bonchev–Trinajstić information content (AvgIpc) is 2.68. The zero-order valence-electron chi connectivity index (χ0n) is 15.8. The van der Waals surface area contributed by atoms with Gasteiger partial charge in [0.15, 0.2) is 17.6 Å². The van der Waals surface area contributed by atoms with E-state index >= 15 is 0 Å². The Labute approximate surface area is 174 Å². The number of esters is 1. The van der Waals surface area contributed by atoms with Crippen molar-refractivity contribution in [1.82, 2.24) is 0 Å². The van der Waals surface area contributed by atoms with Crippen molar-refractivity contribution in [2.45, 2.75) is 19.2 Å². The summed E-state index contributed by atoms with van der Waals surface area (Å²) in [6.45, 7) is 1.26. The summed E-state index contributed by atoms with van der Waals surface area (Å²) in [4.78, 5) is 24.1. The molecule has 0 spiro atoms. The molecular weight excluding hydrogens is 427 g/mol. The first-order chi connectivity index (χ1) is 14.0. The number of anilines is 1. The predicted molar refractivity (Wildman–Crippen MR) is 104 cm³/mol. The van der Waals surface area contributed by atoms with Gasteiger partial charge in [0.25, 0.3) is 5.91 Å². The molecule has 0 bridgehead atoms. The van der Waals surface area contributed by atoms with Crippen LogP contribution in [0.4, 0.5) is 18.9 Å². The average molecular weight is 444 g/mol. The molecule has 1 unspecified atom stereocenters. The minimum atomic E-state index is -4.61. The summed E-state index contributed by atoms with van der Waals surface area (Å²) in [5.41, 5.74) is -0.723. The standard InChI is InChI=1S/C20H17ClF3NO5/c1-11(19(28)25-15-10-13(20(22,23)24)5-6-14(15)21)30-18(27)8-4-12-3-7-16(26)17(9-12)29-2/h3-11,26H,1-2H3,(H,25,28)/b8-4+. The third kappa shape index (κ3) is 6.15. The quantitative estimate of drug-likeness (QED) is 0.501. The molecule has 2 aromatic carbocycles. The number of halogens is 4. The zero-order chi connectivity index (χ0) is 22.5. The van der Waals surface area contributed by atoms with Crippen LogP contribution in [0.5, 0.6) is 11.5 Å². The Morgan fingerprint density at radius 3 is 2.53 bits per heavy atom. The van der Waals surface area contributed by atoms with Crippen molar-refractivity contribution in [2.75, 3.05) is 12.4 Å². The van der Waals surface area contributed by atoms with Gasteiger partial charge in [-0.3, -0.25) is 4.79 Å². The monoisotopic (exact) mass is 443 g/mol. The Kier molecular flexibility index (Phi) is 7.33. The second kappa shape index (κ2) is 9.53. The SMILES string of the molecule is COc1cc(/C=C/C(=O)OC(C)C(=O)Nc2cc(C(F)(F)F)ccc2Cl)ccc1O. The van der Waals surface area contributed by atoms with E-state index in [-0.39, 0.29) is 22.2 Å². The first kappa shape index (κ1) is 23.1. The van der Waals surface area contributed by atoms with Crippen LogP contribution in [0.15, 0.2) is 42.5 Å². The van der Waals surface area contributed by atoms with Gasteiger partial charge in [0.2, 0.25) is 0 Å². The second-order valence-corrected chi connectivity index (χ2v) is 6.43. The predicted octanol–water partition coefficient (Wildman–Crippen LogP) is 4.66. The molecule has 0 fully saturated rings. The Morgan fingerprint density at radius 1 is 1.20 bits per heavy atom. The van der Waals surface area contributed by atoms with Gasteiger partial charge in [-0.2, -0.15) is 13.2 Å². The van der Waals surface area contributed by atoms with Gasteiger partial charge in [0, 0.05) is 6.08 Å². The Morgan fingerprint density at radius 2 is 1.90 bits per heavy atom. The zero-order valence-corrected chi connectivity index (χ0v) is 16.5. The van der Waals surface area contributed by atoms with Gasteiger partial charge in [-0.15, -0.1) is 0 Å². The van der Waals surface area contributed by atoms with Gasteiger partial charge in [-0.1, -0.05) is 17.7 Å². The number of ether oxygens (including phenoxy) is 2. The van der Waals surface area contributed by atoms with Crippen LogP contribution < -0.4 is 10.1 Å². The van der Waals surface area contributed by atoms with Crippen LogP contribution in [0.3, 0.4) is 0 Å². The van der Waals surface area contributed by atoms with E-state index in [0.29, 0.717) is 11.6 Å². The molecule has 0 saturated carbocycles. The van der Waals surface area contributed by atoms with E-state index in [4.69, 9.17) is 21.1 Å². The number of hydrogen-bond donors (Lipinski definition) is 2. The fourth-order valence-electron chi connectivity index (χ4n) is 2.26. The highest BCUT2D eigenvalue weighted by molar-refractivity contribution is 6.33. The van der Waals surface area contributed by atoms with E-state index < -0.39 is 29.7 Å². The summed E-state index contributed by atoms with van der Waals surface area (Å²) in [6.07, 6.45) is -3.49. The lowest BCUT2D eigenvalue weighted by Gasteiger charge is -2.15.